The van der Waals surface area contributed by atoms with E-state index in [9.17, 15) is 8.42 Å². The van der Waals surface area contributed by atoms with Gasteiger partial charge in [-0.25, -0.2) is 13.1 Å². The number of thioether (sulfide) groups is 1. The Morgan fingerprint density at radius 2 is 2.22 bits per heavy atom. The van der Waals surface area contributed by atoms with Crippen LogP contribution in [0.3, 0.4) is 0 Å². The van der Waals surface area contributed by atoms with Gasteiger partial charge in [0.25, 0.3) is 0 Å². The molecule has 0 radical (unpaired) electrons. The molecule has 100 valence electrons. The molecule has 0 saturated heterocycles. The molecular formula is C12H18N2O2S2. The summed E-state index contributed by atoms with van der Waals surface area (Å²) < 4.78 is 26.6. The summed E-state index contributed by atoms with van der Waals surface area (Å²) in [6, 6.07) is 4.89. The maximum atomic E-state index is 12.0. The summed E-state index contributed by atoms with van der Waals surface area (Å²) in [7, 11) is -3.47. The van der Waals surface area contributed by atoms with Gasteiger partial charge in [-0.1, -0.05) is 12.1 Å². The summed E-state index contributed by atoms with van der Waals surface area (Å²) in [6.45, 7) is 5.71. The van der Waals surface area contributed by atoms with E-state index in [1.165, 1.54) is 0 Å². The topological polar surface area (TPSA) is 72.2 Å². The zero-order chi connectivity index (χ0) is 13.6. The van der Waals surface area contributed by atoms with Crippen LogP contribution in [-0.4, -0.2) is 26.5 Å². The van der Waals surface area contributed by atoms with Crippen LogP contribution in [0.15, 0.2) is 35.7 Å². The minimum Gasteiger partial charge on any atom is -0.398 e. The quantitative estimate of drug-likeness (QED) is 0.455. The number of sulfonamides is 1. The van der Waals surface area contributed by atoms with Crippen molar-refractivity contribution in [2.45, 2.75) is 11.8 Å². The molecule has 0 aliphatic carbocycles. The molecule has 6 heteroatoms. The maximum Gasteiger partial charge on any atom is 0.240 e. The molecule has 4 nitrogen and oxygen atoms in total. The van der Waals surface area contributed by atoms with E-state index in [2.05, 4.69) is 11.3 Å². The van der Waals surface area contributed by atoms with Gasteiger partial charge in [0.1, 0.15) is 0 Å². The molecule has 0 unspecified atom stereocenters. The van der Waals surface area contributed by atoms with Gasteiger partial charge in [-0.2, -0.15) is 11.8 Å². The molecule has 1 rings (SSSR count). The average Bonchev–Trinajstić information content (AvgIpc) is 2.32. The molecule has 0 aromatic heterocycles. The first-order chi connectivity index (χ1) is 8.49. The van der Waals surface area contributed by atoms with E-state index >= 15 is 0 Å². The highest BCUT2D eigenvalue weighted by Gasteiger charge is 2.16. The van der Waals surface area contributed by atoms with Crippen LogP contribution < -0.4 is 10.5 Å². The number of hydrogen-bond donors (Lipinski definition) is 2. The second-order valence-electron chi connectivity index (χ2n) is 3.73. The fraction of sp³-hybridized carbons (Fsp3) is 0.333. The first kappa shape index (κ1) is 15.1. The molecule has 1 aromatic rings. The van der Waals surface area contributed by atoms with Crippen molar-refractivity contribution in [2.24, 2.45) is 0 Å². The van der Waals surface area contributed by atoms with E-state index in [0.717, 1.165) is 5.75 Å². The number of rotatable bonds is 7. The molecule has 0 aliphatic rings. The molecule has 0 fully saturated rings. The van der Waals surface area contributed by atoms with Crippen molar-refractivity contribution in [1.29, 1.82) is 0 Å². The molecule has 0 aliphatic heterocycles. The average molecular weight is 286 g/mol. The number of hydrogen-bond acceptors (Lipinski definition) is 4. The lowest BCUT2D eigenvalue weighted by atomic mass is 10.2. The third-order valence-corrected chi connectivity index (χ3v) is 4.96. The fourth-order valence-electron chi connectivity index (χ4n) is 1.42. The van der Waals surface area contributed by atoms with Crippen LogP contribution in [0.1, 0.15) is 5.56 Å². The molecule has 0 atom stereocenters. The first-order valence-corrected chi connectivity index (χ1v) is 8.16. The zero-order valence-corrected chi connectivity index (χ0v) is 12.0. The second-order valence-corrected chi connectivity index (χ2v) is 6.62. The van der Waals surface area contributed by atoms with Crippen molar-refractivity contribution in [3.63, 3.8) is 0 Å². The van der Waals surface area contributed by atoms with Crippen molar-refractivity contribution in [2.75, 3.05) is 23.8 Å². The number of nitrogens with one attached hydrogen (secondary N) is 1. The van der Waals surface area contributed by atoms with Crippen molar-refractivity contribution < 1.29 is 8.42 Å². The molecule has 0 spiro atoms. The Kier molecular flexibility index (Phi) is 5.71. The largest absolute Gasteiger partial charge is 0.398 e. The van der Waals surface area contributed by atoms with Crippen LogP contribution in [-0.2, 0) is 10.0 Å². The lowest BCUT2D eigenvalue weighted by Crippen LogP contribution is -2.26. The molecular weight excluding hydrogens is 268 g/mol. The first-order valence-electron chi connectivity index (χ1n) is 5.52. The zero-order valence-electron chi connectivity index (χ0n) is 10.3. The summed E-state index contributed by atoms with van der Waals surface area (Å²) in [5.41, 5.74) is 6.78. The standard InChI is InChI=1S/C12H18N2O2S2/c1-3-8-17-9-7-14-18(15,16)12-6-4-5-11(13)10(12)2/h3-6,14H,1,7-9,13H2,2H3. The van der Waals surface area contributed by atoms with Crippen LogP contribution in [0, 0.1) is 6.92 Å². The van der Waals surface area contributed by atoms with Crippen LogP contribution in [0.25, 0.3) is 0 Å². The molecule has 18 heavy (non-hydrogen) atoms. The molecule has 0 amide bonds. The van der Waals surface area contributed by atoms with Gasteiger partial charge in [-0.15, -0.1) is 6.58 Å². The van der Waals surface area contributed by atoms with Crippen LogP contribution in [0.5, 0.6) is 0 Å². The Hall–Kier alpha value is -0.980. The molecule has 1 aromatic carbocycles. The third-order valence-electron chi connectivity index (χ3n) is 2.39. The fourth-order valence-corrected chi connectivity index (χ4v) is 3.43. The highest BCUT2D eigenvalue weighted by atomic mass is 32.2. The van der Waals surface area contributed by atoms with Crippen molar-refractivity contribution in [3.8, 4) is 0 Å². The van der Waals surface area contributed by atoms with Gasteiger partial charge < -0.3 is 5.73 Å². The number of benzene rings is 1. The predicted octanol–water partition coefficient (Wildman–Crippen LogP) is 1.77. The minimum atomic E-state index is -3.47. The Labute approximate surface area is 113 Å². The normalized spacial score (nSPS) is 11.4. The van der Waals surface area contributed by atoms with E-state index in [0.29, 0.717) is 23.5 Å². The predicted molar refractivity (Wildman–Crippen MR) is 78.3 cm³/mol. The minimum absolute atomic E-state index is 0.247. The van der Waals surface area contributed by atoms with Gasteiger partial charge in [-0.3, -0.25) is 0 Å². The summed E-state index contributed by atoms with van der Waals surface area (Å²) in [5, 5.41) is 0. The Morgan fingerprint density at radius 3 is 2.89 bits per heavy atom. The van der Waals surface area contributed by atoms with Crippen molar-refractivity contribution >= 4 is 27.5 Å². The van der Waals surface area contributed by atoms with E-state index in [1.807, 2.05) is 0 Å². The van der Waals surface area contributed by atoms with Crippen LogP contribution >= 0.6 is 11.8 Å². The van der Waals surface area contributed by atoms with E-state index in [1.54, 1.807) is 43.0 Å². The van der Waals surface area contributed by atoms with Crippen LogP contribution in [0.4, 0.5) is 5.69 Å². The Balaban J connectivity index is 2.69. The number of nitrogens with two attached hydrogens (primary N) is 1. The summed E-state index contributed by atoms with van der Waals surface area (Å²) in [6.07, 6.45) is 1.79. The lowest BCUT2D eigenvalue weighted by Gasteiger charge is -2.10. The van der Waals surface area contributed by atoms with Crippen LogP contribution in [0.2, 0.25) is 0 Å². The van der Waals surface area contributed by atoms with Crippen molar-refractivity contribution in [3.05, 3.63) is 36.4 Å². The highest BCUT2D eigenvalue weighted by Crippen LogP contribution is 2.20. The van der Waals surface area contributed by atoms with Gasteiger partial charge in [0, 0.05) is 23.7 Å². The molecule has 0 bridgehead atoms. The van der Waals surface area contributed by atoms with Gasteiger partial charge in [0.2, 0.25) is 10.0 Å². The Morgan fingerprint density at radius 1 is 1.50 bits per heavy atom. The van der Waals surface area contributed by atoms with Gasteiger partial charge in [0.15, 0.2) is 0 Å². The van der Waals surface area contributed by atoms with Gasteiger partial charge >= 0.3 is 0 Å². The van der Waals surface area contributed by atoms with Gasteiger partial charge in [-0.05, 0) is 24.6 Å². The van der Waals surface area contributed by atoms with E-state index in [4.69, 9.17) is 5.73 Å². The number of nitrogen functional groups attached to an aromatic ring is 1. The monoisotopic (exact) mass is 286 g/mol. The molecule has 0 heterocycles. The van der Waals surface area contributed by atoms with E-state index in [-0.39, 0.29) is 4.90 Å². The van der Waals surface area contributed by atoms with Gasteiger partial charge in [0.05, 0.1) is 4.90 Å². The third kappa shape index (κ3) is 4.04. The van der Waals surface area contributed by atoms with E-state index < -0.39 is 10.0 Å². The summed E-state index contributed by atoms with van der Waals surface area (Å²) in [4.78, 5) is 0.247. The SMILES string of the molecule is C=CCSCCNS(=O)(=O)c1cccc(N)c1C. The second kappa shape index (κ2) is 6.82. The maximum absolute atomic E-state index is 12.0. The van der Waals surface area contributed by atoms with Crippen molar-refractivity contribution in [1.82, 2.24) is 4.72 Å². The highest BCUT2D eigenvalue weighted by molar-refractivity contribution is 7.99. The smallest absolute Gasteiger partial charge is 0.240 e. The summed E-state index contributed by atoms with van der Waals surface area (Å²) in [5.74, 6) is 1.53. The molecule has 3 N–H and O–H groups in total. The number of anilines is 1. The lowest BCUT2D eigenvalue weighted by molar-refractivity contribution is 0.583. The summed E-state index contributed by atoms with van der Waals surface area (Å²) >= 11 is 1.63. The Bertz CT molecular complexity index is 513. The molecule has 0 saturated carbocycles.